The Hall–Kier alpha value is -0.230. The van der Waals surface area contributed by atoms with Gasteiger partial charge >= 0.3 is 0 Å². The molecule has 17 heavy (non-hydrogen) atoms. The van der Waals surface area contributed by atoms with Crippen molar-refractivity contribution in [2.75, 3.05) is 24.6 Å². The highest BCUT2D eigenvalue weighted by atomic mass is 35.5. The molecule has 0 bridgehead atoms. The zero-order valence-corrected chi connectivity index (χ0v) is 11.9. The van der Waals surface area contributed by atoms with Crippen molar-refractivity contribution in [3.05, 3.63) is 28.8 Å². The molecule has 0 spiro atoms. The Kier molecular flexibility index (Phi) is 4.02. The summed E-state index contributed by atoms with van der Waals surface area (Å²) in [6.07, 6.45) is 0. The molecule has 1 saturated heterocycles. The molecule has 1 heterocycles. The summed E-state index contributed by atoms with van der Waals surface area (Å²) in [4.78, 5) is 0.292. The van der Waals surface area contributed by atoms with Crippen molar-refractivity contribution >= 4 is 33.4 Å². The maximum atomic E-state index is 12.3. The van der Waals surface area contributed by atoms with E-state index in [2.05, 4.69) is 0 Å². The first-order chi connectivity index (χ1) is 8.01. The summed E-state index contributed by atoms with van der Waals surface area (Å²) < 4.78 is 26.1. The molecule has 1 aromatic carbocycles. The summed E-state index contributed by atoms with van der Waals surface area (Å²) in [7, 11) is -3.37. The Morgan fingerprint density at radius 3 is 2.53 bits per heavy atom. The first-order valence-corrected chi connectivity index (χ1v) is 8.33. The van der Waals surface area contributed by atoms with Crippen molar-refractivity contribution in [2.45, 2.75) is 11.8 Å². The third kappa shape index (κ3) is 2.78. The fourth-order valence-corrected chi connectivity index (χ4v) is 4.52. The van der Waals surface area contributed by atoms with E-state index < -0.39 is 10.0 Å². The molecule has 6 heteroatoms. The summed E-state index contributed by atoms with van der Waals surface area (Å²) in [6, 6.07) is 4.90. The van der Waals surface area contributed by atoms with Crippen molar-refractivity contribution in [1.82, 2.24) is 4.31 Å². The van der Waals surface area contributed by atoms with Gasteiger partial charge in [-0.1, -0.05) is 17.7 Å². The van der Waals surface area contributed by atoms with Gasteiger partial charge in [0, 0.05) is 29.6 Å². The van der Waals surface area contributed by atoms with E-state index in [-0.39, 0.29) is 0 Å². The van der Waals surface area contributed by atoms with Crippen LogP contribution in [-0.2, 0) is 10.0 Å². The van der Waals surface area contributed by atoms with Gasteiger partial charge in [-0.15, -0.1) is 0 Å². The molecule has 1 aliphatic heterocycles. The zero-order valence-electron chi connectivity index (χ0n) is 9.52. The number of rotatable bonds is 2. The Balaban J connectivity index is 2.33. The molecule has 0 radical (unpaired) electrons. The molecule has 3 nitrogen and oxygen atoms in total. The molecule has 1 fully saturated rings. The van der Waals surface area contributed by atoms with Gasteiger partial charge in [0.25, 0.3) is 0 Å². The molecule has 0 aliphatic carbocycles. The fraction of sp³-hybridized carbons (Fsp3) is 0.455. The Labute approximate surface area is 111 Å². The van der Waals surface area contributed by atoms with Gasteiger partial charge in [-0.2, -0.15) is 16.1 Å². The molecule has 1 aromatic rings. The quantitative estimate of drug-likeness (QED) is 0.840. The van der Waals surface area contributed by atoms with Crippen molar-refractivity contribution in [3.63, 3.8) is 0 Å². The molecular formula is C11H14ClNO2S2. The smallest absolute Gasteiger partial charge is 0.207 e. The van der Waals surface area contributed by atoms with Crippen LogP contribution in [0.15, 0.2) is 23.1 Å². The SMILES string of the molecule is Cc1ccc(S(=O)(=O)N2CCSCC2)cc1Cl. The number of aryl methyl sites for hydroxylation is 1. The van der Waals surface area contributed by atoms with Gasteiger partial charge in [-0.05, 0) is 24.6 Å². The van der Waals surface area contributed by atoms with Gasteiger partial charge in [-0.25, -0.2) is 8.42 Å². The van der Waals surface area contributed by atoms with E-state index >= 15 is 0 Å². The monoisotopic (exact) mass is 291 g/mol. The van der Waals surface area contributed by atoms with E-state index in [0.29, 0.717) is 23.0 Å². The second kappa shape index (κ2) is 5.18. The first-order valence-electron chi connectivity index (χ1n) is 5.36. The normalized spacial score (nSPS) is 18.2. The van der Waals surface area contributed by atoms with Crippen LogP contribution in [0.3, 0.4) is 0 Å². The number of nitrogens with zero attached hydrogens (tertiary/aromatic N) is 1. The summed E-state index contributed by atoms with van der Waals surface area (Å²) in [5.41, 5.74) is 0.889. The Bertz CT molecular complexity index is 510. The number of sulfonamides is 1. The van der Waals surface area contributed by atoms with Crippen molar-refractivity contribution < 1.29 is 8.42 Å². The predicted molar refractivity (Wildman–Crippen MR) is 72.3 cm³/mol. The van der Waals surface area contributed by atoms with Gasteiger partial charge in [0.2, 0.25) is 10.0 Å². The minimum Gasteiger partial charge on any atom is -0.207 e. The topological polar surface area (TPSA) is 37.4 Å². The average molecular weight is 292 g/mol. The first kappa shape index (κ1) is 13.2. The molecule has 0 aromatic heterocycles. The largest absolute Gasteiger partial charge is 0.243 e. The Morgan fingerprint density at radius 2 is 1.94 bits per heavy atom. The number of hydrogen-bond donors (Lipinski definition) is 0. The van der Waals surface area contributed by atoms with E-state index in [9.17, 15) is 8.42 Å². The van der Waals surface area contributed by atoms with Gasteiger partial charge in [0.1, 0.15) is 0 Å². The number of hydrogen-bond acceptors (Lipinski definition) is 3. The molecule has 0 atom stereocenters. The highest BCUT2D eigenvalue weighted by Gasteiger charge is 2.26. The lowest BCUT2D eigenvalue weighted by Gasteiger charge is -2.25. The van der Waals surface area contributed by atoms with Crippen LogP contribution in [0.25, 0.3) is 0 Å². The van der Waals surface area contributed by atoms with Crippen molar-refractivity contribution in [3.8, 4) is 0 Å². The number of thioether (sulfide) groups is 1. The third-order valence-corrected chi connectivity index (χ3v) is 6.00. The van der Waals surface area contributed by atoms with Crippen molar-refractivity contribution in [2.24, 2.45) is 0 Å². The average Bonchev–Trinajstić information content (AvgIpc) is 2.33. The van der Waals surface area contributed by atoms with Crippen LogP contribution < -0.4 is 0 Å². The zero-order chi connectivity index (χ0) is 12.5. The maximum Gasteiger partial charge on any atom is 0.243 e. The van der Waals surface area contributed by atoms with E-state index in [1.165, 1.54) is 10.4 Å². The molecule has 94 valence electrons. The fourth-order valence-electron chi connectivity index (χ4n) is 1.67. The summed E-state index contributed by atoms with van der Waals surface area (Å²) in [5.74, 6) is 1.72. The summed E-state index contributed by atoms with van der Waals surface area (Å²) in [6.45, 7) is 3.02. The minimum absolute atomic E-state index is 0.292. The van der Waals surface area contributed by atoms with Gasteiger partial charge in [0.15, 0.2) is 0 Å². The second-order valence-corrected chi connectivity index (χ2v) is 7.50. The molecular weight excluding hydrogens is 278 g/mol. The lowest BCUT2D eigenvalue weighted by atomic mass is 10.2. The number of halogens is 1. The van der Waals surface area contributed by atoms with Crippen molar-refractivity contribution in [1.29, 1.82) is 0 Å². The van der Waals surface area contributed by atoms with Crippen LogP contribution in [0.1, 0.15) is 5.56 Å². The maximum absolute atomic E-state index is 12.3. The summed E-state index contributed by atoms with van der Waals surface area (Å²) in [5, 5.41) is 0.498. The molecule has 1 aliphatic rings. The minimum atomic E-state index is -3.37. The summed E-state index contributed by atoms with van der Waals surface area (Å²) >= 11 is 7.76. The van der Waals surface area contributed by atoms with Crippen LogP contribution in [0.2, 0.25) is 5.02 Å². The van der Waals surface area contributed by atoms with Crippen LogP contribution in [0.4, 0.5) is 0 Å². The van der Waals surface area contributed by atoms with Gasteiger partial charge in [0.05, 0.1) is 4.90 Å². The number of benzene rings is 1. The molecule has 0 amide bonds. The highest BCUT2D eigenvalue weighted by Crippen LogP contribution is 2.24. The van der Waals surface area contributed by atoms with E-state index in [0.717, 1.165) is 17.1 Å². The molecule has 0 unspecified atom stereocenters. The van der Waals surface area contributed by atoms with Crippen LogP contribution >= 0.6 is 23.4 Å². The molecule has 2 rings (SSSR count). The van der Waals surface area contributed by atoms with E-state index in [4.69, 9.17) is 11.6 Å². The lowest BCUT2D eigenvalue weighted by molar-refractivity contribution is 0.443. The van der Waals surface area contributed by atoms with Gasteiger partial charge in [-0.3, -0.25) is 0 Å². The lowest BCUT2D eigenvalue weighted by Crippen LogP contribution is -2.37. The standard InChI is InChI=1S/C11H14ClNO2S2/c1-9-2-3-10(8-11(9)12)17(14,15)13-4-6-16-7-5-13/h2-3,8H,4-7H2,1H3. The molecule has 0 saturated carbocycles. The molecule has 0 N–H and O–H groups in total. The van der Waals surface area contributed by atoms with Crippen LogP contribution in [-0.4, -0.2) is 37.3 Å². The predicted octanol–water partition coefficient (Wildman–Crippen LogP) is 2.39. The van der Waals surface area contributed by atoms with E-state index in [1.54, 1.807) is 23.9 Å². The van der Waals surface area contributed by atoms with E-state index in [1.807, 2.05) is 6.92 Å². The second-order valence-electron chi connectivity index (χ2n) is 3.93. The third-order valence-electron chi connectivity index (χ3n) is 2.75. The highest BCUT2D eigenvalue weighted by molar-refractivity contribution is 7.99. The van der Waals surface area contributed by atoms with Crippen LogP contribution in [0.5, 0.6) is 0 Å². The van der Waals surface area contributed by atoms with Crippen LogP contribution in [0, 0.1) is 6.92 Å². The van der Waals surface area contributed by atoms with Gasteiger partial charge < -0.3 is 0 Å². The Morgan fingerprint density at radius 1 is 1.29 bits per heavy atom.